The molecule has 0 saturated carbocycles. The number of ether oxygens (including phenoxy) is 2. The second kappa shape index (κ2) is 14.6. The molecular weight excluding hydrogens is 577 g/mol. The molecule has 0 saturated heterocycles. The maximum atomic E-state index is 11.6. The number of carbonyl (C=O) groups excluding carboxylic acids is 1. The first kappa shape index (κ1) is 28.5. The molecule has 0 fully saturated rings. The van der Waals surface area contributed by atoms with Crippen molar-refractivity contribution < 1.29 is 19.4 Å². The van der Waals surface area contributed by atoms with Gasteiger partial charge < -0.3 is 14.6 Å². The van der Waals surface area contributed by atoms with E-state index in [9.17, 15) is 9.90 Å². The van der Waals surface area contributed by atoms with Crippen molar-refractivity contribution in [1.82, 2.24) is 4.98 Å². The largest absolute Gasteiger partial charge is 0.508 e. The second-order valence-corrected chi connectivity index (χ2v) is 9.28. The van der Waals surface area contributed by atoms with Gasteiger partial charge in [0.05, 0.1) is 6.61 Å². The lowest BCUT2D eigenvalue weighted by atomic mass is 10.1. The number of hydrogen-bond acceptors (Lipinski definition) is 5. The van der Waals surface area contributed by atoms with Gasteiger partial charge in [0, 0.05) is 38.6 Å². The zero-order valence-electron chi connectivity index (χ0n) is 20.2. The number of hydrogen-bond donors (Lipinski definition) is 1. The van der Waals surface area contributed by atoms with Crippen LogP contribution in [0.2, 0.25) is 10.0 Å². The number of halogens is 3. The lowest BCUT2D eigenvalue weighted by molar-refractivity contribution is 0.0519. The average Bonchev–Trinajstić information content (AvgIpc) is 2.91. The fraction of sp³-hybridized carbons (Fsp3) is 0.172. The number of nitrogens with zero attached hydrogens (tertiary/aromatic N) is 1. The van der Waals surface area contributed by atoms with Crippen LogP contribution in [-0.2, 0) is 23.1 Å². The molecule has 3 aromatic carbocycles. The number of rotatable bonds is 8. The number of benzene rings is 3. The third kappa shape index (κ3) is 9.08. The summed E-state index contributed by atoms with van der Waals surface area (Å²) in [6.07, 6.45) is 0.389. The summed E-state index contributed by atoms with van der Waals surface area (Å²) in [4.78, 5) is 15.8. The number of aromatic nitrogens is 1. The molecule has 37 heavy (non-hydrogen) atoms. The molecule has 0 aliphatic rings. The summed E-state index contributed by atoms with van der Waals surface area (Å²) in [5, 5.41) is 11.8. The van der Waals surface area contributed by atoms with Gasteiger partial charge in [-0.2, -0.15) is 0 Å². The van der Waals surface area contributed by atoms with Crippen molar-refractivity contribution in [3.63, 3.8) is 0 Å². The maximum Gasteiger partial charge on any atom is 0.356 e. The van der Waals surface area contributed by atoms with Crippen LogP contribution < -0.4 is 4.74 Å². The van der Waals surface area contributed by atoms with E-state index in [4.69, 9.17) is 32.7 Å². The van der Waals surface area contributed by atoms with E-state index >= 15 is 0 Å². The van der Waals surface area contributed by atoms with Crippen LogP contribution in [0.15, 0.2) is 84.9 Å². The van der Waals surface area contributed by atoms with Crippen LogP contribution in [0.3, 0.4) is 0 Å². The highest BCUT2D eigenvalue weighted by molar-refractivity contribution is 9.08. The summed E-state index contributed by atoms with van der Waals surface area (Å²) in [5.41, 5.74) is 3.79. The van der Waals surface area contributed by atoms with Crippen LogP contribution in [0.1, 0.15) is 39.8 Å². The fourth-order valence-corrected chi connectivity index (χ4v) is 4.14. The minimum atomic E-state index is -0.454. The molecule has 192 valence electrons. The summed E-state index contributed by atoms with van der Waals surface area (Å²) in [5.74, 6) is 0.567. The predicted octanol–water partition coefficient (Wildman–Crippen LogP) is 8.02. The Kier molecular flexibility index (Phi) is 11.3. The Balaban J connectivity index is 0.000000208. The van der Waals surface area contributed by atoms with Crippen LogP contribution in [0.5, 0.6) is 11.5 Å². The van der Waals surface area contributed by atoms with Crippen molar-refractivity contribution in [2.45, 2.75) is 25.3 Å². The summed E-state index contributed by atoms with van der Waals surface area (Å²) < 4.78 is 10.7. The molecule has 0 amide bonds. The molecule has 0 unspecified atom stereocenters. The first-order valence-corrected chi connectivity index (χ1v) is 13.4. The zero-order valence-corrected chi connectivity index (χ0v) is 23.3. The molecule has 0 aliphatic carbocycles. The summed E-state index contributed by atoms with van der Waals surface area (Å²) >= 11 is 15.3. The van der Waals surface area contributed by atoms with E-state index in [-0.39, 0.29) is 11.4 Å². The minimum absolute atomic E-state index is 0.151. The van der Waals surface area contributed by atoms with E-state index in [1.807, 2.05) is 48.5 Å². The first-order chi connectivity index (χ1) is 17.9. The summed E-state index contributed by atoms with van der Waals surface area (Å²) in [6.45, 7) is 2.62. The summed E-state index contributed by atoms with van der Waals surface area (Å²) in [7, 11) is 0. The van der Waals surface area contributed by atoms with Gasteiger partial charge in [0.1, 0.15) is 23.8 Å². The number of phenolic OH excluding ortho intramolecular Hbond substituents is 1. The standard InChI is InChI=1S/C15H14ClNO3.C14H12BrClO/c1-2-20-15(19)13-5-3-4-12(17-13)9-10-8-11(16)6-7-14(10)18;15-9-12-8-13(16)6-7-14(12)17-10-11-4-2-1-3-5-11/h3-8,18H,2,9H2,1H3;1-8H,9-10H2. The molecule has 0 aliphatic heterocycles. The van der Waals surface area contributed by atoms with Gasteiger partial charge in [-0.3, -0.25) is 0 Å². The number of carbonyl (C=O) groups is 1. The highest BCUT2D eigenvalue weighted by atomic mass is 79.9. The van der Waals surface area contributed by atoms with Crippen molar-refractivity contribution in [2.75, 3.05) is 6.61 Å². The SMILES string of the molecule is CCOC(=O)c1cccc(Cc2cc(Cl)ccc2O)n1.Clc1ccc(OCc2ccccc2)c(CBr)c1. The number of phenols is 1. The molecular formula is C29H26BrCl2NO4. The molecule has 0 radical (unpaired) electrons. The van der Waals surface area contributed by atoms with Crippen LogP contribution in [0.25, 0.3) is 0 Å². The van der Waals surface area contributed by atoms with Crippen molar-refractivity contribution in [3.8, 4) is 11.5 Å². The van der Waals surface area contributed by atoms with Crippen molar-refractivity contribution in [2.24, 2.45) is 0 Å². The highest BCUT2D eigenvalue weighted by Gasteiger charge is 2.10. The number of esters is 1. The number of alkyl halides is 1. The second-order valence-electron chi connectivity index (χ2n) is 7.84. The Morgan fingerprint density at radius 2 is 1.62 bits per heavy atom. The van der Waals surface area contributed by atoms with Gasteiger partial charge in [-0.15, -0.1) is 0 Å². The molecule has 1 aromatic heterocycles. The Labute approximate surface area is 235 Å². The predicted molar refractivity (Wildman–Crippen MR) is 151 cm³/mol. The molecule has 4 aromatic rings. The van der Waals surface area contributed by atoms with Gasteiger partial charge in [-0.1, -0.05) is 75.5 Å². The van der Waals surface area contributed by atoms with E-state index in [1.165, 1.54) is 6.07 Å². The van der Waals surface area contributed by atoms with Crippen LogP contribution >= 0.6 is 39.1 Å². The summed E-state index contributed by atoms with van der Waals surface area (Å²) in [6, 6.07) is 25.7. The zero-order chi connectivity index (χ0) is 26.6. The van der Waals surface area contributed by atoms with Gasteiger partial charge in [0.2, 0.25) is 0 Å². The number of aromatic hydroxyl groups is 1. The average molecular weight is 603 g/mol. The Hall–Kier alpha value is -3.06. The molecule has 4 rings (SSSR count). The lowest BCUT2D eigenvalue weighted by Gasteiger charge is -2.10. The Bertz CT molecular complexity index is 1320. The highest BCUT2D eigenvalue weighted by Crippen LogP contribution is 2.26. The topological polar surface area (TPSA) is 68.7 Å². The van der Waals surface area contributed by atoms with E-state index < -0.39 is 5.97 Å². The third-order valence-corrected chi connectivity index (χ3v) is 6.18. The van der Waals surface area contributed by atoms with Gasteiger partial charge in [-0.05, 0) is 61.0 Å². The van der Waals surface area contributed by atoms with Crippen molar-refractivity contribution in [1.29, 1.82) is 0 Å². The Morgan fingerprint density at radius 1 is 0.919 bits per heavy atom. The third-order valence-electron chi connectivity index (χ3n) is 5.11. The van der Waals surface area contributed by atoms with Crippen molar-refractivity contribution in [3.05, 3.63) is 123 Å². The maximum absolute atomic E-state index is 11.6. The normalized spacial score (nSPS) is 10.3. The van der Waals surface area contributed by atoms with Crippen LogP contribution in [-0.4, -0.2) is 22.7 Å². The van der Waals surface area contributed by atoms with E-state index in [0.29, 0.717) is 35.9 Å². The monoisotopic (exact) mass is 601 g/mol. The van der Waals surface area contributed by atoms with Crippen LogP contribution in [0.4, 0.5) is 0 Å². The quantitative estimate of drug-likeness (QED) is 0.163. The first-order valence-electron chi connectivity index (χ1n) is 11.5. The van der Waals surface area contributed by atoms with E-state index in [2.05, 4.69) is 20.9 Å². The lowest BCUT2D eigenvalue weighted by Crippen LogP contribution is -2.08. The molecule has 1 N–H and O–H groups in total. The van der Waals surface area contributed by atoms with E-state index in [0.717, 1.165) is 27.2 Å². The fourth-order valence-electron chi connectivity index (χ4n) is 3.32. The van der Waals surface area contributed by atoms with Gasteiger partial charge in [-0.25, -0.2) is 9.78 Å². The molecule has 5 nitrogen and oxygen atoms in total. The molecule has 0 atom stereocenters. The van der Waals surface area contributed by atoms with Crippen molar-refractivity contribution >= 4 is 45.1 Å². The molecule has 1 heterocycles. The Morgan fingerprint density at radius 3 is 2.32 bits per heavy atom. The van der Waals surface area contributed by atoms with E-state index in [1.54, 1.807) is 37.3 Å². The molecule has 8 heteroatoms. The van der Waals surface area contributed by atoms with Crippen LogP contribution in [0, 0.1) is 0 Å². The smallest absolute Gasteiger partial charge is 0.356 e. The molecule has 0 spiro atoms. The molecule has 0 bridgehead atoms. The van der Waals surface area contributed by atoms with Gasteiger partial charge >= 0.3 is 5.97 Å². The number of pyridine rings is 1. The minimum Gasteiger partial charge on any atom is -0.508 e. The van der Waals surface area contributed by atoms with Gasteiger partial charge in [0.25, 0.3) is 0 Å². The van der Waals surface area contributed by atoms with Gasteiger partial charge in [0.15, 0.2) is 0 Å².